The maximum absolute atomic E-state index is 14.5. The van der Waals surface area contributed by atoms with E-state index in [-0.39, 0.29) is 12.5 Å². The Hall–Kier alpha value is -3.95. The van der Waals surface area contributed by atoms with Crippen LogP contribution in [0.3, 0.4) is 0 Å². The monoisotopic (exact) mass is 494 g/mol. The molecule has 0 unspecified atom stereocenters. The SMILES string of the molecule is COCc1c(C(=O)Nc2cc(OC)c(NC(=O)c3ccccc3)cc2OC)sc2cccc(F)c12. The van der Waals surface area contributed by atoms with Gasteiger partial charge < -0.3 is 24.8 Å². The molecule has 0 radical (unpaired) electrons. The molecule has 9 heteroatoms. The number of ether oxygens (including phenoxy) is 3. The summed E-state index contributed by atoms with van der Waals surface area (Å²) >= 11 is 1.18. The maximum Gasteiger partial charge on any atom is 0.266 e. The topological polar surface area (TPSA) is 85.9 Å². The molecule has 0 atom stereocenters. The fourth-order valence-corrected chi connectivity index (χ4v) is 4.81. The first-order chi connectivity index (χ1) is 17.0. The molecule has 0 saturated heterocycles. The predicted molar refractivity (Wildman–Crippen MR) is 134 cm³/mol. The van der Waals surface area contributed by atoms with E-state index in [1.54, 1.807) is 48.5 Å². The lowest BCUT2D eigenvalue weighted by Crippen LogP contribution is -2.15. The number of thiophene rings is 1. The van der Waals surface area contributed by atoms with Crippen molar-refractivity contribution in [3.05, 3.63) is 82.5 Å². The van der Waals surface area contributed by atoms with Crippen LogP contribution in [0, 0.1) is 5.82 Å². The Morgan fingerprint density at radius 1 is 0.857 bits per heavy atom. The van der Waals surface area contributed by atoms with Gasteiger partial charge in [0, 0.05) is 40.5 Å². The van der Waals surface area contributed by atoms with Gasteiger partial charge in [-0.05, 0) is 24.3 Å². The van der Waals surface area contributed by atoms with Gasteiger partial charge in [-0.2, -0.15) is 0 Å². The summed E-state index contributed by atoms with van der Waals surface area (Å²) in [7, 11) is 4.39. The van der Waals surface area contributed by atoms with E-state index in [9.17, 15) is 14.0 Å². The Morgan fingerprint density at radius 3 is 2.09 bits per heavy atom. The van der Waals surface area contributed by atoms with Gasteiger partial charge >= 0.3 is 0 Å². The molecule has 0 fully saturated rings. The Morgan fingerprint density at radius 2 is 1.49 bits per heavy atom. The van der Waals surface area contributed by atoms with Crippen LogP contribution in [0.5, 0.6) is 11.5 Å². The number of carbonyl (C=O) groups is 2. The summed E-state index contributed by atoms with van der Waals surface area (Å²) in [6.07, 6.45) is 0. The van der Waals surface area contributed by atoms with Crippen LogP contribution < -0.4 is 20.1 Å². The zero-order chi connectivity index (χ0) is 24.9. The van der Waals surface area contributed by atoms with E-state index in [4.69, 9.17) is 14.2 Å². The molecule has 1 aromatic heterocycles. The summed E-state index contributed by atoms with van der Waals surface area (Å²) in [5, 5.41) is 5.99. The highest BCUT2D eigenvalue weighted by Gasteiger charge is 2.23. The molecule has 0 saturated carbocycles. The molecule has 3 aromatic carbocycles. The summed E-state index contributed by atoms with van der Waals surface area (Å²) in [6.45, 7) is 0.0780. The standard InChI is InChI=1S/C26H23FN2O5S/c1-32-14-16-23-17(27)10-7-11-22(23)35-24(16)26(31)29-19-13-20(33-2)18(12-21(19)34-3)28-25(30)15-8-5-4-6-9-15/h4-13H,14H2,1-3H3,(H,28,30)(H,29,31). The van der Waals surface area contributed by atoms with Crippen LogP contribution in [-0.4, -0.2) is 33.1 Å². The largest absolute Gasteiger partial charge is 0.494 e. The summed E-state index contributed by atoms with van der Waals surface area (Å²) < 4.78 is 31.3. The molecule has 0 spiro atoms. The quantitative estimate of drug-likeness (QED) is 0.328. The second kappa shape index (κ2) is 10.5. The van der Waals surface area contributed by atoms with E-state index in [2.05, 4.69) is 10.6 Å². The minimum absolute atomic E-state index is 0.0780. The van der Waals surface area contributed by atoms with Gasteiger partial charge in [0.1, 0.15) is 17.3 Å². The average molecular weight is 495 g/mol. The number of hydrogen-bond acceptors (Lipinski definition) is 6. The van der Waals surface area contributed by atoms with E-state index in [0.29, 0.717) is 49.0 Å². The number of nitrogens with one attached hydrogen (secondary N) is 2. The summed E-state index contributed by atoms with van der Waals surface area (Å²) in [4.78, 5) is 26.2. The normalized spacial score (nSPS) is 10.7. The number of halogens is 1. The molecule has 0 bridgehead atoms. The van der Waals surface area contributed by atoms with E-state index >= 15 is 0 Å². The molecular formula is C26H23FN2O5S. The third-order valence-electron chi connectivity index (χ3n) is 5.31. The summed E-state index contributed by atoms with van der Waals surface area (Å²) in [6, 6.07) is 16.6. The number of fused-ring (bicyclic) bond motifs is 1. The second-order valence-corrected chi connectivity index (χ2v) is 8.53. The molecule has 4 aromatic rings. The highest BCUT2D eigenvalue weighted by atomic mass is 32.1. The number of benzene rings is 3. The molecule has 0 aliphatic heterocycles. The van der Waals surface area contributed by atoms with Gasteiger partial charge in [0.2, 0.25) is 0 Å². The first-order valence-electron chi connectivity index (χ1n) is 10.6. The van der Waals surface area contributed by atoms with Crippen molar-refractivity contribution in [1.29, 1.82) is 0 Å². The van der Waals surface area contributed by atoms with Gasteiger partial charge in [-0.3, -0.25) is 9.59 Å². The van der Waals surface area contributed by atoms with Gasteiger partial charge in [0.05, 0.1) is 37.1 Å². The lowest BCUT2D eigenvalue weighted by molar-refractivity contribution is 0.101. The van der Waals surface area contributed by atoms with Crippen LogP contribution in [0.2, 0.25) is 0 Å². The zero-order valence-electron chi connectivity index (χ0n) is 19.3. The van der Waals surface area contributed by atoms with Gasteiger partial charge in [-0.1, -0.05) is 24.3 Å². The van der Waals surface area contributed by atoms with Crippen LogP contribution >= 0.6 is 11.3 Å². The van der Waals surface area contributed by atoms with E-state index in [0.717, 1.165) is 0 Å². The first-order valence-corrected chi connectivity index (χ1v) is 11.4. The minimum atomic E-state index is -0.445. The van der Waals surface area contributed by atoms with Crippen molar-refractivity contribution in [2.24, 2.45) is 0 Å². The summed E-state index contributed by atoms with van der Waals surface area (Å²) in [5.41, 5.74) is 1.66. The van der Waals surface area contributed by atoms with Crippen molar-refractivity contribution in [1.82, 2.24) is 0 Å². The van der Waals surface area contributed by atoms with Crippen molar-refractivity contribution in [2.45, 2.75) is 6.61 Å². The molecule has 0 aliphatic rings. The fraction of sp³-hybridized carbons (Fsp3) is 0.154. The van der Waals surface area contributed by atoms with Crippen LogP contribution in [0.4, 0.5) is 15.8 Å². The van der Waals surface area contributed by atoms with Crippen molar-refractivity contribution < 1.29 is 28.2 Å². The Bertz CT molecular complexity index is 1390. The van der Waals surface area contributed by atoms with Crippen LogP contribution in [0.1, 0.15) is 25.6 Å². The van der Waals surface area contributed by atoms with Gasteiger partial charge in [0.15, 0.2) is 0 Å². The number of hydrogen-bond donors (Lipinski definition) is 2. The third-order valence-corrected chi connectivity index (χ3v) is 6.51. The van der Waals surface area contributed by atoms with Gasteiger partial charge in [-0.25, -0.2) is 4.39 Å². The average Bonchev–Trinajstić information content (AvgIpc) is 3.25. The van der Waals surface area contributed by atoms with Crippen molar-refractivity contribution >= 4 is 44.6 Å². The van der Waals surface area contributed by atoms with Crippen LogP contribution in [0.15, 0.2) is 60.7 Å². The lowest BCUT2D eigenvalue weighted by Gasteiger charge is -2.16. The molecule has 180 valence electrons. The zero-order valence-corrected chi connectivity index (χ0v) is 20.1. The van der Waals surface area contributed by atoms with E-state index in [1.165, 1.54) is 38.7 Å². The van der Waals surface area contributed by atoms with Gasteiger partial charge in [-0.15, -0.1) is 11.3 Å². The highest BCUT2D eigenvalue weighted by Crippen LogP contribution is 2.38. The number of carbonyl (C=O) groups excluding carboxylic acids is 2. The van der Waals surface area contributed by atoms with E-state index in [1.807, 2.05) is 6.07 Å². The minimum Gasteiger partial charge on any atom is -0.494 e. The molecule has 2 amide bonds. The van der Waals surface area contributed by atoms with Crippen LogP contribution in [-0.2, 0) is 11.3 Å². The molecule has 0 aliphatic carbocycles. The molecule has 4 rings (SSSR count). The van der Waals surface area contributed by atoms with Crippen molar-refractivity contribution in [3.63, 3.8) is 0 Å². The first kappa shape index (κ1) is 24.2. The lowest BCUT2D eigenvalue weighted by atomic mass is 10.1. The van der Waals surface area contributed by atoms with Crippen LogP contribution in [0.25, 0.3) is 10.1 Å². The third kappa shape index (κ3) is 4.96. The summed E-state index contributed by atoms with van der Waals surface area (Å²) in [5.74, 6) is -0.547. The molecule has 35 heavy (non-hydrogen) atoms. The van der Waals surface area contributed by atoms with Gasteiger partial charge in [0.25, 0.3) is 11.8 Å². The highest BCUT2D eigenvalue weighted by molar-refractivity contribution is 7.21. The Labute approximate surface area is 205 Å². The number of amides is 2. The molecular weight excluding hydrogens is 471 g/mol. The second-order valence-electron chi connectivity index (χ2n) is 7.48. The smallest absolute Gasteiger partial charge is 0.266 e. The number of rotatable bonds is 8. The Balaban J connectivity index is 1.67. The molecule has 2 N–H and O–H groups in total. The number of methoxy groups -OCH3 is 3. The van der Waals surface area contributed by atoms with Crippen molar-refractivity contribution in [3.8, 4) is 11.5 Å². The predicted octanol–water partition coefficient (Wildman–Crippen LogP) is 5.71. The van der Waals surface area contributed by atoms with Crippen molar-refractivity contribution in [2.75, 3.05) is 32.0 Å². The molecule has 1 heterocycles. The van der Waals surface area contributed by atoms with E-state index < -0.39 is 11.7 Å². The maximum atomic E-state index is 14.5. The fourth-order valence-electron chi connectivity index (χ4n) is 3.69. The molecule has 7 nitrogen and oxygen atoms in total. The number of anilines is 2. The Kier molecular flexibility index (Phi) is 7.28.